The van der Waals surface area contributed by atoms with Gasteiger partial charge in [0.1, 0.15) is 11.4 Å². The third-order valence-electron chi connectivity index (χ3n) is 3.68. The fourth-order valence-corrected chi connectivity index (χ4v) is 2.86. The minimum Gasteiger partial charge on any atom is -0.385 e. The maximum absolute atomic E-state index is 11.7. The Kier molecular flexibility index (Phi) is 2.23. The molecule has 0 bridgehead atoms. The minimum atomic E-state index is -0.410. The van der Waals surface area contributed by atoms with E-state index in [4.69, 9.17) is 12.2 Å². The predicted octanol–water partition coefficient (Wildman–Crippen LogP) is 1.36. The van der Waals surface area contributed by atoms with Gasteiger partial charge in [0.25, 0.3) is 0 Å². The Bertz CT molecular complexity index is 405. The number of amides is 2. The van der Waals surface area contributed by atoms with Crippen LogP contribution in [0.5, 0.6) is 0 Å². The van der Waals surface area contributed by atoms with Crippen LogP contribution in [-0.2, 0) is 0 Å². The lowest BCUT2D eigenvalue weighted by Gasteiger charge is -2.34. The number of carbonyl (C=O) groups excluding carboxylic acids is 1. The monoisotopic (exact) mass is 219 g/mol. The lowest BCUT2D eigenvalue weighted by molar-refractivity contribution is 0.177. The molecule has 0 aromatic carbocycles. The van der Waals surface area contributed by atoms with E-state index in [-0.39, 0.29) is 11.4 Å². The highest BCUT2D eigenvalue weighted by Gasteiger charge is 2.54. The highest BCUT2D eigenvalue weighted by Crippen LogP contribution is 2.48. The number of aliphatic imine (C=N–C) groups is 1. The summed E-state index contributed by atoms with van der Waals surface area (Å²) in [6.45, 7) is 4.66. The van der Waals surface area contributed by atoms with Crippen LogP contribution in [0.4, 0.5) is 4.79 Å². The standard InChI is InChI=1S/C12H17N3O/c1-4-7-15-10(16)14-9(13)12(15)6-5-11(2,3)8-12/h1H,5-8H2,2-3H3,(H2,13,14,16). The fourth-order valence-electron chi connectivity index (χ4n) is 2.86. The largest absolute Gasteiger partial charge is 0.385 e. The van der Waals surface area contributed by atoms with E-state index in [1.54, 1.807) is 4.90 Å². The Morgan fingerprint density at radius 1 is 1.56 bits per heavy atom. The van der Waals surface area contributed by atoms with Gasteiger partial charge in [0.2, 0.25) is 0 Å². The van der Waals surface area contributed by atoms with Gasteiger partial charge in [-0.1, -0.05) is 19.8 Å². The molecule has 0 aromatic rings. The van der Waals surface area contributed by atoms with Crippen LogP contribution in [-0.4, -0.2) is 28.9 Å². The molecule has 4 heteroatoms. The maximum Gasteiger partial charge on any atom is 0.346 e. The Labute approximate surface area is 95.9 Å². The van der Waals surface area contributed by atoms with Gasteiger partial charge in [-0.2, -0.15) is 4.99 Å². The minimum absolute atomic E-state index is 0.192. The number of nitrogens with zero attached hydrogens (tertiary/aromatic N) is 2. The van der Waals surface area contributed by atoms with Crippen molar-refractivity contribution in [3.63, 3.8) is 0 Å². The first kappa shape index (κ1) is 11.0. The van der Waals surface area contributed by atoms with E-state index >= 15 is 0 Å². The zero-order valence-electron chi connectivity index (χ0n) is 9.79. The van der Waals surface area contributed by atoms with Crippen LogP contribution in [0.2, 0.25) is 0 Å². The molecule has 1 aliphatic carbocycles. The van der Waals surface area contributed by atoms with E-state index in [0.717, 1.165) is 19.3 Å². The first-order valence-electron chi connectivity index (χ1n) is 5.51. The zero-order chi connectivity index (χ0) is 12.0. The molecule has 2 aliphatic rings. The van der Waals surface area contributed by atoms with Gasteiger partial charge >= 0.3 is 6.03 Å². The second kappa shape index (κ2) is 3.24. The Morgan fingerprint density at radius 3 is 2.75 bits per heavy atom. The maximum atomic E-state index is 11.7. The van der Waals surface area contributed by atoms with Crippen molar-refractivity contribution in [3.05, 3.63) is 0 Å². The van der Waals surface area contributed by atoms with E-state index < -0.39 is 5.54 Å². The molecule has 1 saturated carbocycles. The number of hydrogen-bond donors (Lipinski definition) is 1. The summed E-state index contributed by atoms with van der Waals surface area (Å²) in [5.74, 6) is 2.96. The van der Waals surface area contributed by atoms with Crippen molar-refractivity contribution in [3.8, 4) is 12.3 Å². The first-order chi connectivity index (χ1) is 7.41. The van der Waals surface area contributed by atoms with Gasteiger partial charge in [0.15, 0.2) is 0 Å². The molecule has 0 saturated heterocycles. The van der Waals surface area contributed by atoms with Gasteiger partial charge in [-0.25, -0.2) is 4.79 Å². The number of hydrogen-bond acceptors (Lipinski definition) is 2. The van der Waals surface area contributed by atoms with Crippen molar-refractivity contribution in [2.24, 2.45) is 16.1 Å². The molecule has 1 heterocycles. The number of terminal acetylenes is 1. The van der Waals surface area contributed by atoms with Crippen molar-refractivity contribution in [1.29, 1.82) is 0 Å². The van der Waals surface area contributed by atoms with Gasteiger partial charge in [-0.05, 0) is 24.7 Å². The predicted molar refractivity (Wildman–Crippen MR) is 62.9 cm³/mol. The number of urea groups is 1. The summed E-state index contributed by atoms with van der Waals surface area (Å²) in [4.78, 5) is 17.2. The summed E-state index contributed by atoms with van der Waals surface area (Å²) in [5.41, 5.74) is 5.71. The molecular weight excluding hydrogens is 202 g/mol. The van der Waals surface area contributed by atoms with Crippen molar-refractivity contribution < 1.29 is 4.79 Å². The zero-order valence-corrected chi connectivity index (χ0v) is 9.79. The molecule has 1 aliphatic heterocycles. The average molecular weight is 219 g/mol. The average Bonchev–Trinajstić information content (AvgIpc) is 2.61. The first-order valence-corrected chi connectivity index (χ1v) is 5.51. The van der Waals surface area contributed by atoms with Crippen molar-refractivity contribution in [1.82, 2.24) is 4.90 Å². The van der Waals surface area contributed by atoms with Crippen molar-refractivity contribution in [2.75, 3.05) is 6.54 Å². The lowest BCUT2D eigenvalue weighted by atomic mass is 9.86. The lowest BCUT2D eigenvalue weighted by Crippen LogP contribution is -2.52. The van der Waals surface area contributed by atoms with Gasteiger partial charge in [-0.3, -0.25) is 4.90 Å². The van der Waals surface area contributed by atoms with E-state index in [2.05, 4.69) is 24.8 Å². The van der Waals surface area contributed by atoms with Crippen LogP contribution in [0.15, 0.2) is 4.99 Å². The van der Waals surface area contributed by atoms with Crippen LogP contribution in [0.1, 0.15) is 33.1 Å². The quantitative estimate of drug-likeness (QED) is 0.677. The number of nitrogens with two attached hydrogens (primary N) is 1. The molecule has 1 spiro atoms. The molecule has 0 aromatic heterocycles. The summed E-state index contributed by atoms with van der Waals surface area (Å²) in [5, 5.41) is 0. The van der Waals surface area contributed by atoms with Crippen LogP contribution < -0.4 is 5.73 Å². The second-order valence-corrected chi connectivity index (χ2v) is 5.44. The molecule has 86 valence electrons. The van der Waals surface area contributed by atoms with E-state index in [1.165, 1.54) is 0 Å². The summed E-state index contributed by atoms with van der Waals surface area (Å²) >= 11 is 0. The fraction of sp³-hybridized carbons (Fsp3) is 0.667. The third-order valence-corrected chi connectivity index (χ3v) is 3.68. The molecule has 1 unspecified atom stereocenters. The SMILES string of the molecule is C#CCN1C(=O)N=C(N)C12CCC(C)(C)C2. The molecule has 1 fully saturated rings. The van der Waals surface area contributed by atoms with E-state index in [1.807, 2.05) is 0 Å². The molecular formula is C12H17N3O. The van der Waals surface area contributed by atoms with Crippen LogP contribution in [0.25, 0.3) is 0 Å². The Hall–Kier alpha value is -1.50. The van der Waals surface area contributed by atoms with Crippen molar-refractivity contribution >= 4 is 11.9 Å². The number of carbonyl (C=O) groups is 1. The van der Waals surface area contributed by atoms with E-state index in [0.29, 0.717) is 12.4 Å². The van der Waals surface area contributed by atoms with Crippen LogP contribution >= 0.6 is 0 Å². The third kappa shape index (κ3) is 1.39. The summed E-state index contributed by atoms with van der Waals surface area (Å²) in [6, 6.07) is -0.284. The van der Waals surface area contributed by atoms with Gasteiger partial charge in [0, 0.05) is 0 Å². The Balaban J connectivity index is 2.35. The van der Waals surface area contributed by atoms with E-state index in [9.17, 15) is 4.79 Å². The van der Waals surface area contributed by atoms with Gasteiger partial charge < -0.3 is 5.73 Å². The van der Waals surface area contributed by atoms with Gasteiger partial charge in [0.05, 0.1) is 6.54 Å². The molecule has 1 atom stereocenters. The molecule has 0 radical (unpaired) electrons. The second-order valence-electron chi connectivity index (χ2n) is 5.44. The molecule has 2 N–H and O–H groups in total. The smallest absolute Gasteiger partial charge is 0.346 e. The van der Waals surface area contributed by atoms with Crippen LogP contribution in [0, 0.1) is 17.8 Å². The molecule has 2 rings (SSSR count). The molecule has 16 heavy (non-hydrogen) atoms. The number of rotatable bonds is 1. The van der Waals surface area contributed by atoms with Crippen molar-refractivity contribution in [2.45, 2.75) is 38.6 Å². The highest BCUT2D eigenvalue weighted by atomic mass is 16.2. The summed E-state index contributed by atoms with van der Waals surface area (Å²) < 4.78 is 0. The topological polar surface area (TPSA) is 58.7 Å². The highest BCUT2D eigenvalue weighted by molar-refractivity contribution is 6.06. The normalized spacial score (nSPS) is 31.9. The summed E-state index contributed by atoms with van der Waals surface area (Å²) in [6.07, 6.45) is 8.05. The van der Waals surface area contributed by atoms with Gasteiger partial charge in [-0.15, -0.1) is 6.42 Å². The summed E-state index contributed by atoms with van der Waals surface area (Å²) in [7, 11) is 0. The number of amidine groups is 1. The van der Waals surface area contributed by atoms with Crippen LogP contribution in [0.3, 0.4) is 0 Å². The molecule has 4 nitrogen and oxygen atoms in total. The molecule has 2 amide bonds. The Morgan fingerprint density at radius 2 is 2.25 bits per heavy atom.